The summed E-state index contributed by atoms with van der Waals surface area (Å²) in [6.07, 6.45) is 3.82. The Hall–Kier alpha value is -3.05. The Balaban J connectivity index is 1.24. The standard InChI is InChI=1S/C27H26Cl2F2N6O2/c1-15(24-18(28)11-32-12-19(24)29)39-23-8-17-22(9-20(23)30)34-35-25(17)16-7-21(31)26(33-10-16)36-13-27(2,14-36)37-3-5-38-6-4-37/h7-12,15H,3-6,13-14H2,1-2H3,(H,34,35)/t15-/m1/s1. The van der Waals surface area contributed by atoms with Crippen molar-refractivity contribution in [2.24, 2.45) is 0 Å². The highest BCUT2D eigenvalue weighted by molar-refractivity contribution is 6.35. The number of benzene rings is 1. The fourth-order valence-corrected chi connectivity index (χ4v) is 6.08. The number of fused-ring (bicyclic) bond motifs is 1. The predicted octanol–water partition coefficient (Wildman–Crippen LogP) is 5.66. The summed E-state index contributed by atoms with van der Waals surface area (Å²) >= 11 is 12.5. The molecule has 204 valence electrons. The molecular formula is C27H26Cl2F2N6O2. The normalized spacial score (nSPS) is 18.3. The average Bonchev–Trinajstić information content (AvgIpc) is 3.30. The first-order valence-corrected chi connectivity index (χ1v) is 13.4. The first kappa shape index (κ1) is 26.2. The van der Waals surface area contributed by atoms with E-state index in [1.165, 1.54) is 30.6 Å². The highest BCUT2D eigenvalue weighted by atomic mass is 35.5. The number of nitrogens with one attached hydrogen (secondary N) is 1. The molecule has 2 saturated heterocycles. The maximum absolute atomic E-state index is 15.3. The van der Waals surface area contributed by atoms with Crippen LogP contribution in [0.5, 0.6) is 5.75 Å². The molecule has 1 aromatic carbocycles. The van der Waals surface area contributed by atoms with Gasteiger partial charge in [-0.15, -0.1) is 0 Å². The highest BCUT2D eigenvalue weighted by Crippen LogP contribution is 2.38. The van der Waals surface area contributed by atoms with Crippen LogP contribution in [0.4, 0.5) is 14.6 Å². The van der Waals surface area contributed by atoms with Crippen LogP contribution < -0.4 is 9.64 Å². The van der Waals surface area contributed by atoms with E-state index in [-0.39, 0.29) is 11.3 Å². The van der Waals surface area contributed by atoms with Crippen molar-refractivity contribution in [2.45, 2.75) is 25.5 Å². The molecule has 0 amide bonds. The molecule has 0 aliphatic carbocycles. The number of morpholine rings is 1. The fourth-order valence-electron chi connectivity index (χ4n) is 5.41. The van der Waals surface area contributed by atoms with Gasteiger partial charge in [0.15, 0.2) is 23.2 Å². The van der Waals surface area contributed by atoms with Gasteiger partial charge in [0.05, 0.1) is 34.3 Å². The molecular weight excluding hydrogens is 549 g/mol. The number of pyridine rings is 2. The molecule has 3 aromatic heterocycles. The minimum Gasteiger partial charge on any atom is -0.483 e. The van der Waals surface area contributed by atoms with Gasteiger partial charge >= 0.3 is 0 Å². The lowest BCUT2D eigenvalue weighted by molar-refractivity contribution is -0.0268. The van der Waals surface area contributed by atoms with Gasteiger partial charge in [-0.3, -0.25) is 15.0 Å². The number of hydrogen-bond acceptors (Lipinski definition) is 7. The second-order valence-corrected chi connectivity index (χ2v) is 11.0. The molecule has 39 heavy (non-hydrogen) atoms. The van der Waals surface area contributed by atoms with E-state index in [1.54, 1.807) is 13.1 Å². The van der Waals surface area contributed by atoms with E-state index in [0.29, 0.717) is 56.7 Å². The van der Waals surface area contributed by atoms with Gasteiger partial charge in [-0.1, -0.05) is 23.2 Å². The molecule has 2 aliphatic rings. The maximum atomic E-state index is 15.3. The van der Waals surface area contributed by atoms with Gasteiger partial charge in [-0.2, -0.15) is 5.10 Å². The van der Waals surface area contributed by atoms with Crippen molar-refractivity contribution in [1.82, 2.24) is 25.1 Å². The molecule has 0 saturated carbocycles. The molecule has 4 aromatic rings. The summed E-state index contributed by atoms with van der Waals surface area (Å²) in [4.78, 5) is 12.7. The Kier molecular flexibility index (Phi) is 6.83. The quantitative estimate of drug-likeness (QED) is 0.318. The molecule has 8 nitrogen and oxygen atoms in total. The number of ether oxygens (including phenoxy) is 2. The van der Waals surface area contributed by atoms with Crippen molar-refractivity contribution >= 4 is 39.9 Å². The van der Waals surface area contributed by atoms with Crippen molar-refractivity contribution in [2.75, 3.05) is 44.3 Å². The van der Waals surface area contributed by atoms with Gasteiger partial charge in [0.1, 0.15) is 11.8 Å². The molecule has 0 spiro atoms. The van der Waals surface area contributed by atoms with Gasteiger partial charge in [0, 0.05) is 67.3 Å². The second-order valence-electron chi connectivity index (χ2n) is 10.2. The first-order valence-electron chi connectivity index (χ1n) is 12.6. The number of nitrogens with zero attached hydrogens (tertiary/aromatic N) is 5. The predicted molar refractivity (Wildman–Crippen MR) is 146 cm³/mol. The third-order valence-electron chi connectivity index (χ3n) is 7.45. The fraction of sp³-hybridized carbons (Fsp3) is 0.370. The summed E-state index contributed by atoms with van der Waals surface area (Å²) in [6.45, 7) is 8.46. The van der Waals surface area contributed by atoms with Gasteiger partial charge in [0.25, 0.3) is 0 Å². The van der Waals surface area contributed by atoms with Crippen LogP contribution in [0.1, 0.15) is 25.5 Å². The Labute approximate surface area is 233 Å². The average molecular weight is 575 g/mol. The molecule has 0 radical (unpaired) electrons. The van der Waals surface area contributed by atoms with Crippen LogP contribution in [-0.4, -0.2) is 70.0 Å². The Morgan fingerprint density at radius 1 is 1.05 bits per heavy atom. The molecule has 0 unspecified atom stereocenters. The third kappa shape index (κ3) is 4.80. The van der Waals surface area contributed by atoms with Crippen LogP contribution in [-0.2, 0) is 4.74 Å². The summed E-state index contributed by atoms with van der Waals surface area (Å²) in [5.41, 5.74) is 1.80. The van der Waals surface area contributed by atoms with Gasteiger partial charge in [0.2, 0.25) is 0 Å². The zero-order chi connectivity index (χ0) is 27.3. The summed E-state index contributed by atoms with van der Waals surface area (Å²) in [7, 11) is 0. The van der Waals surface area contributed by atoms with Crippen LogP contribution in [0.2, 0.25) is 10.0 Å². The van der Waals surface area contributed by atoms with Crippen LogP contribution in [0, 0.1) is 11.6 Å². The van der Waals surface area contributed by atoms with Crippen molar-refractivity contribution in [3.05, 3.63) is 64.0 Å². The molecule has 0 bridgehead atoms. The van der Waals surface area contributed by atoms with Gasteiger partial charge < -0.3 is 14.4 Å². The van der Waals surface area contributed by atoms with Crippen LogP contribution in [0.15, 0.2) is 36.8 Å². The maximum Gasteiger partial charge on any atom is 0.167 e. The minimum atomic E-state index is -0.659. The Bertz CT molecular complexity index is 1520. The second kappa shape index (κ2) is 10.2. The van der Waals surface area contributed by atoms with E-state index in [9.17, 15) is 4.39 Å². The number of halogens is 4. The molecule has 5 heterocycles. The molecule has 1 N–H and O–H groups in total. The summed E-state index contributed by atoms with van der Waals surface area (Å²) in [6, 6.07) is 4.22. The zero-order valence-electron chi connectivity index (χ0n) is 21.3. The summed E-state index contributed by atoms with van der Waals surface area (Å²) in [5.74, 6) is -0.748. The van der Waals surface area contributed by atoms with Crippen molar-refractivity contribution in [3.8, 4) is 17.0 Å². The van der Waals surface area contributed by atoms with Crippen molar-refractivity contribution < 1.29 is 18.3 Å². The van der Waals surface area contributed by atoms with Crippen molar-refractivity contribution in [3.63, 3.8) is 0 Å². The number of H-pyrrole nitrogens is 1. The number of anilines is 1. The van der Waals surface area contributed by atoms with Crippen LogP contribution in [0.25, 0.3) is 22.2 Å². The number of hydrogen-bond donors (Lipinski definition) is 1. The van der Waals surface area contributed by atoms with E-state index in [2.05, 4.69) is 32.0 Å². The van der Waals surface area contributed by atoms with Crippen molar-refractivity contribution in [1.29, 1.82) is 0 Å². The van der Waals surface area contributed by atoms with E-state index in [4.69, 9.17) is 32.7 Å². The molecule has 2 aliphatic heterocycles. The first-order chi connectivity index (χ1) is 18.7. The number of rotatable bonds is 6. The molecule has 1 atom stereocenters. The Morgan fingerprint density at radius 3 is 2.46 bits per heavy atom. The summed E-state index contributed by atoms with van der Waals surface area (Å²) in [5, 5.41) is 8.31. The van der Waals surface area contributed by atoms with E-state index in [0.717, 1.165) is 26.3 Å². The zero-order valence-corrected chi connectivity index (χ0v) is 22.9. The monoisotopic (exact) mass is 574 g/mol. The highest BCUT2D eigenvalue weighted by Gasteiger charge is 2.45. The van der Waals surface area contributed by atoms with E-state index < -0.39 is 17.7 Å². The smallest absolute Gasteiger partial charge is 0.167 e. The van der Waals surface area contributed by atoms with Crippen LogP contribution >= 0.6 is 23.2 Å². The largest absolute Gasteiger partial charge is 0.483 e. The van der Waals surface area contributed by atoms with E-state index in [1.807, 2.05) is 4.90 Å². The lowest BCUT2D eigenvalue weighted by Crippen LogP contribution is -2.70. The lowest BCUT2D eigenvalue weighted by atomic mass is 9.89. The molecule has 6 rings (SSSR count). The van der Waals surface area contributed by atoms with Crippen LogP contribution in [0.3, 0.4) is 0 Å². The van der Waals surface area contributed by atoms with E-state index >= 15 is 4.39 Å². The topological polar surface area (TPSA) is 79.4 Å². The minimum absolute atomic E-state index is 0.0189. The summed E-state index contributed by atoms with van der Waals surface area (Å²) < 4.78 is 41.6. The SMILES string of the molecule is C[C@@H](Oc1cc2c(-c3cnc(N4CC(C)(N5CCOCC5)C4)c(F)c3)n[nH]c2cc1F)c1c(Cl)cncc1Cl. The third-order valence-corrected chi connectivity index (χ3v) is 8.05. The Morgan fingerprint density at radius 2 is 1.77 bits per heavy atom. The molecule has 12 heteroatoms. The van der Waals surface area contributed by atoms with Gasteiger partial charge in [-0.25, -0.2) is 13.8 Å². The lowest BCUT2D eigenvalue weighted by Gasteiger charge is -2.55. The van der Waals surface area contributed by atoms with Gasteiger partial charge in [-0.05, 0) is 26.0 Å². The molecule has 2 fully saturated rings. The number of aromatic nitrogens is 4. The number of aromatic amines is 1.